The zero-order valence-corrected chi connectivity index (χ0v) is 22.1. The lowest BCUT2D eigenvalue weighted by molar-refractivity contribution is 0.105. The standard InChI is InChI=1S/C31H33N3O4/c1-36-27-19-22(20-28(37-2)30(27)38-3)29(35)24(31-32-25-10-6-7-11-26(25)33-31)18-21-12-14-23(15-13-21)34-16-8-4-5-9-17-34/h6-7,10-15,18-20H,4-5,8-9,16-17H2,1-3H3,(H,32,33). The first kappa shape index (κ1) is 25.4. The van der Waals surface area contributed by atoms with E-state index < -0.39 is 0 Å². The van der Waals surface area contributed by atoms with Crippen molar-refractivity contribution >= 4 is 34.2 Å². The van der Waals surface area contributed by atoms with Crippen molar-refractivity contribution in [3.8, 4) is 17.2 Å². The molecule has 1 aliphatic heterocycles. The number of carbonyl (C=O) groups is 1. The van der Waals surface area contributed by atoms with E-state index in [1.54, 1.807) is 12.1 Å². The van der Waals surface area contributed by atoms with Crippen molar-refractivity contribution < 1.29 is 19.0 Å². The Balaban J connectivity index is 1.56. The van der Waals surface area contributed by atoms with Crippen LogP contribution in [-0.2, 0) is 0 Å². The largest absolute Gasteiger partial charge is 0.493 e. The van der Waals surface area contributed by atoms with Gasteiger partial charge in [-0.2, -0.15) is 0 Å². The summed E-state index contributed by atoms with van der Waals surface area (Å²) >= 11 is 0. The molecule has 2 heterocycles. The molecule has 4 aromatic rings. The third kappa shape index (κ3) is 5.23. The number of hydrogen-bond donors (Lipinski definition) is 1. The van der Waals surface area contributed by atoms with Gasteiger partial charge in [0.1, 0.15) is 5.82 Å². The highest BCUT2D eigenvalue weighted by molar-refractivity contribution is 6.32. The van der Waals surface area contributed by atoms with Gasteiger partial charge in [0.2, 0.25) is 5.75 Å². The van der Waals surface area contributed by atoms with E-state index in [1.165, 1.54) is 52.7 Å². The lowest BCUT2D eigenvalue weighted by Crippen LogP contribution is -2.23. The molecule has 0 atom stereocenters. The minimum atomic E-state index is -0.208. The number of benzene rings is 3. The van der Waals surface area contributed by atoms with E-state index in [4.69, 9.17) is 19.2 Å². The number of methoxy groups -OCH3 is 3. The molecule has 0 radical (unpaired) electrons. The molecule has 0 unspecified atom stereocenters. The first-order chi connectivity index (χ1) is 18.6. The fraction of sp³-hybridized carbons (Fsp3) is 0.290. The molecule has 1 N–H and O–H groups in total. The molecule has 0 amide bonds. The Bertz CT molecular complexity index is 1390. The molecule has 0 bridgehead atoms. The maximum Gasteiger partial charge on any atom is 0.203 e. The maximum absolute atomic E-state index is 14.0. The van der Waals surface area contributed by atoms with Gasteiger partial charge in [0, 0.05) is 24.3 Å². The number of allylic oxidation sites excluding steroid dienone is 1. The number of ketones is 1. The van der Waals surface area contributed by atoms with Gasteiger partial charge in [-0.1, -0.05) is 37.1 Å². The van der Waals surface area contributed by atoms with Gasteiger partial charge in [-0.15, -0.1) is 0 Å². The second-order valence-corrected chi connectivity index (χ2v) is 9.40. The minimum absolute atomic E-state index is 0.208. The van der Waals surface area contributed by atoms with Gasteiger partial charge in [-0.05, 0) is 60.9 Å². The highest BCUT2D eigenvalue weighted by Crippen LogP contribution is 2.39. The normalized spacial score (nSPS) is 14.3. The SMILES string of the molecule is COc1cc(C(=O)C(=Cc2ccc(N3CCCCCC3)cc2)c2nc3ccccc3[nH]2)cc(OC)c1OC. The van der Waals surface area contributed by atoms with Crippen molar-refractivity contribution in [3.63, 3.8) is 0 Å². The first-order valence-corrected chi connectivity index (χ1v) is 13.0. The summed E-state index contributed by atoms with van der Waals surface area (Å²) in [6, 6.07) is 19.5. The molecule has 196 valence electrons. The first-order valence-electron chi connectivity index (χ1n) is 13.0. The number of nitrogens with zero attached hydrogens (tertiary/aromatic N) is 2. The molecule has 7 nitrogen and oxygen atoms in total. The molecule has 0 spiro atoms. The molecule has 5 rings (SSSR count). The van der Waals surface area contributed by atoms with Crippen molar-refractivity contribution in [2.45, 2.75) is 25.7 Å². The smallest absolute Gasteiger partial charge is 0.203 e. The average molecular weight is 512 g/mol. The van der Waals surface area contributed by atoms with Crippen molar-refractivity contribution in [2.24, 2.45) is 0 Å². The van der Waals surface area contributed by atoms with Crippen LogP contribution in [0.2, 0.25) is 0 Å². The van der Waals surface area contributed by atoms with Crippen LogP contribution in [0, 0.1) is 0 Å². The quantitative estimate of drug-likeness (QED) is 0.218. The maximum atomic E-state index is 14.0. The van der Waals surface area contributed by atoms with E-state index in [0.29, 0.717) is 34.2 Å². The molecule has 1 fully saturated rings. The van der Waals surface area contributed by atoms with Crippen LogP contribution < -0.4 is 19.1 Å². The summed E-state index contributed by atoms with van der Waals surface area (Å²) in [7, 11) is 4.61. The minimum Gasteiger partial charge on any atom is -0.493 e. The van der Waals surface area contributed by atoms with E-state index in [2.05, 4.69) is 34.1 Å². The lowest BCUT2D eigenvalue weighted by Gasteiger charge is -2.22. The van der Waals surface area contributed by atoms with Crippen molar-refractivity contribution in [1.82, 2.24) is 9.97 Å². The number of aromatic nitrogens is 2. The van der Waals surface area contributed by atoms with E-state index in [-0.39, 0.29) is 5.78 Å². The van der Waals surface area contributed by atoms with E-state index in [1.807, 2.05) is 30.3 Å². The number of ether oxygens (including phenoxy) is 3. The molecule has 1 saturated heterocycles. The molecule has 0 aliphatic carbocycles. The molecule has 1 aromatic heterocycles. The number of H-pyrrole nitrogens is 1. The molecule has 1 aliphatic rings. The number of Topliss-reactive ketones (excluding diaryl/α,β-unsaturated/α-hetero) is 1. The molecule has 38 heavy (non-hydrogen) atoms. The van der Waals surface area contributed by atoms with Gasteiger partial charge in [0.15, 0.2) is 17.3 Å². The number of nitrogens with one attached hydrogen (secondary N) is 1. The van der Waals surface area contributed by atoms with Crippen LogP contribution in [0.3, 0.4) is 0 Å². The Hall–Kier alpha value is -4.26. The highest BCUT2D eigenvalue weighted by atomic mass is 16.5. The van der Waals surface area contributed by atoms with Crippen LogP contribution >= 0.6 is 0 Å². The molecular formula is C31H33N3O4. The van der Waals surface area contributed by atoms with E-state index in [0.717, 1.165) is 29.7 Å². The lowest BCUT2D eigenvalue weighted by atomic mass is 9.99. The molecule has 3 aromatic carbocycles. The van der Waals surface area contributed by atoms with Crippen LogP contribution in [0.4, 0.5) is 5.69 Å². The van der Waals surface area contributed by atoms with Crippen molar-refractivity contribution in [2.75, 3.05) is 39.3 Å². The van der Waals surface area contributed by atoms with Crippen LogP contribution in [0.5, 0.6) is 17.2 Å². The predicted molar refractivity (Wildman–Crippen MR) is 152 cm³/mol. The monoisotopic (exact) mass is 511 g/mol. The van der Waals surface area contributed by atoms with Crippen molar-refractivity contribution in [1.29, 1.82) is 0 Å². The number of rotatable bonds is 8. The van der Waals surface area contributed by atoms with Gasteiger partial charge in [0.05, 0.1) is 37.9 Å². The second kappa shape index (κ2) is 11.4. The number of para-hydroxylation sites is 2. The Morgan fingerprint density at radius 3 is 2.13 bits per heavy atom. The van der Waals surface area contributed by atoms with Crippen LogP contribution in [-0.4, -0.2) is 50.2 Å². The molecule has 0 saturated carbocycles. The molecule has 7 heteroatoms. The van der Waals surface area contributed by atoms with Gasteiger partial charge >= 0.3 is 0 Å². The zero-order valence-electron chi connectivity index (χ0n) is 22.1. The predicted octanol–water partition coefficient (Wildman–Crippen LogP) is 6.39. The van der Waals surface area contributed by atoms with Gasteiger partial charge in [-0.3, -0.25) is 4.79 Å². The summed E-state index contributed by atoms with van der Waals surface area (Å²) in [5, 5.41) is 0. The van der Waals surface area contributed by atoms with Crippen LogP contribution in [0.15, 0.2) is 60.7 Å². The van der Waals surface area contributed by atoms with E-state index in [9.17, 15) is 4.79 Å². The number of hydrogen-bond acceptors (Lipinski definition) is 6. The number of fused-ring (bicyclic) bond motifs is 1. The molecular weight excluding hydrogens is 478 g/mol. The number of aromatic amines is 1. The average Bonchev–Trinajstić information content (AvgIpc) is 3.20. The fourth-order valence-electron chi connectivity index (χ4n) is 4.97. The van der Waals surface area contributed by atoms with Crippen molar-refractivity contribution in [3.05, 3.63) is 77.6 Å². The summed E-state index contributed by atoms with van der Waals surface area (Å²) < 4.78 is 16.4. The number of carbonyl (C=O) groups excluding carboxylic acids is 1. The Kier molecular flexibility index (Phi) is 7.63. The van der Waals surface area contributed by atoms with Gasteiger partial charge in [0.25, 0.3) is 0 Å². The van der Waals surface area contributed by atoms with Gasteiger partial charge < -0.3 is 24.1 Å². The van der Waals surface area contributed by atoms with Gasteiger partial charge in [-0.25, -0.2) is 4.98 Å². The number of imidazole rings is 1. The summed E-state index contributed by atoms with van der Waals surface area (Å²) in [6.07, 6.45) is 6.92. The van der Waals surface area contributed by atoms with E-state index >= 15 is 0 Å². The summed E-state index contributed by atoms with van der Waals surface area (Å²) in [5.74, 6) is 1.56. The number of anilines is 1. The zero-order chi connectivity index (χ0) is 26.5. The Morgan fingerprint density at radius 1 is 0.868 bits per heavy atom. The second-order valence-electron chi connectivity index (χ2n) is 9.40. The highest BCUT2D eigenvalue weighted by Gasteiger charge is 2.23. The third-order valence-corrected chi connectivity index (χ3v) is 6.99. The summed E-state index contributed by atoms with van der Waals surface area (Å²) in [4.78, 5) is 24.5. The fourth-order valence-corrected chi connectivity index (χ4v) is 4.97. The van der Waals surface area contributed by atoms with Crippen LogP contribution in [0.1, 0.15) is 47.4 Å². The topological polar surface area (TPSA) is 76.7 Å². The Morgan fingerprint density at radius 2 is 1.53 bits per heavy atom. The summed E-state index contributed by atoms with van der Waals surface area (Å²) in [5.41, 5.74) is 4.64. The van der Waals surface area contributed by atoms with Crippen LogP contribution in [0.25, 0.3) is 22.7 Å². The Labute approximate surface area is 223 Å². The third-order valence-electron chi connectivity index (χ3n) is 6.99. The summed E-state index contributed by atoms with van der Waals surface area (Å²) in [6.45, 7) is 2.16.